The number of aryl methyl sites for hydroxylation is 1. The van der Waals surface area contributed by atoms with Gasteiger partial charge in [-0.25, -0.2) is 13.4 Å². The molecule has 0 unspecified atom stereocenters. The van der Waals surface area contributed by atoms with Crippen LogP contribution in [0, 0.1) is 0 Å². The van der Waals surface area contributed by atoms with Crippen molar-refractivity contribution in [1.29, 1.82) is 0 Å². The number of benzene rings is 2. The third kappa shape index (κ3) is 5.45. The Morgan fingerprint density at radius 1 is 0.897 bits per heavy atom. The first-order valence-corrected chi connectivity index (χ1v) is 10.9. The number of hydrogen-bond acceptors (Lipinski definition) is 5. The number of nitrogens with zero attached hydrogens (tertiary/aromatic N) is 2. The predicted molar refractivity (Wildman–Crippen MR) is 121 cm³/mol. The van der Waals surface area contributed by atoms with Gasteiger partial charge in [-0.05, 0) is 43.5 Å². The number of sulfonamides is 1. The maximum absolute atomic E-state index is 13.4. The molecule has 0 aliphatic heterocycles. The van der Waals surface area contributed by atoms with Crippen molar-refractivity contribution >= 4 is 39.0 Å². The van der Waals surface area contributed by atoms with Gasteiger partial charge in [0.05, 0.1) is 4.90 Å². The fraction of sp³-hybridized carbons (Fsp3) is 0.286. The summed E-state index contributed by atoms with van der Waals surface area (Å²) in [7, 11) is -3.68. The second-order valence-corrected chi connectivity index (χ2v) is 8.59. The second kappa shape index (κ2) is 10.5. The lowest BCUT2D eigenvalue weighted by Gasteiger charge is -2.23. The summed E-state index contributed by atoms with van der Waals surface area (Å²) in [5.74, 6) is 0.326. The molecular weight excluding hydrogens is 408 g/mol. The van der Waals surface area contributed by atoms with Crippen LogP contribution in [0.15, 0.2) is 65.7 Å². The van der Waals surface area contributed by atoms with Gasteiger partial charge in [0.25, 0.3) is 0 Å². The van der Waals surface area contributed by atoms with Gasteiger partial charge in [-0.2, -0.15) is 4.31 Å². The van der Waals surface area contributed by atoms with Gasteiger partial charge < -0.3 is 11.5 Å². The van der Waals surface area contributed by atoms with Crippen LogP contribution in [0.2, 0.25) is 0 Å². The topological polar surface area (TPSA) is 102 Å². The van der Waals surface area contributed by atoms with Crippen LogP contribution in [0.1, 0.15) is 18.4 Å². The van der Waals surface area contributed by atoms with Crippen molar-refractivity contribution < 1.29 is 8.42 Å². The lowest BCUT2D eigenvalue weighted by atomic mass is 10.1. The fourth-order valence-electron chi connectivity index (χ4n) is 3.29. The highest BCUT2D eigenvalue weighted by Gasteiger charge is 2.26. The summed E-state index contributed by atoms with van der Waals surface area (Å²) < 4.78 is 28.4. The first kappa shape index (κ1) is 23.1. The van der Waals surface area contributed by atoms with Crippen molar-refractivity contribution in [2.75, 3.05) is 25.4 Å². The Bertz CT molecular complexity index is 1030. The van der Waals surface area contributed by atoms with Gasteiger partial charge in [0.2, 0.25) is 10.0 Å². The zero-order valence-corrected chi connectivity index (χ0v) is 17.8. The first-order valence-electron chi connectivity index (χ1n) is 9.41. The molecule has 4 N–H and O–H groups in total. The molecule has 156 valence electrons. The van der Waals surface area contributed by atoms with E-state index in [1.54, 1.807) is 24.3 Å². The summed E-state index contributed by atoms with van der Waals surface area (Å²) in [6.07, 6.45) is 3.71. The third-order valence-corrected chi connectivity index (χ3v) is 6.70. The molecule has 0 spiro atoms. The van der Waals surface area contributed by atoms with E-state index in [0.29, 0.717) is 42.6 Å². The van der Waals surface area contributed by atoms with E-state index in [1.807, 2.05) is 18.2 Å². The van der Waals surface area contributed by atoms with E-state index < -0.39 is 10.0 Å². The molecule has 0 saturated heterocycles. The van der Waals surface area contributed by atoms with Gasteiger partial charge in [-0.3, -0.25) is 0 Å². The predicted octanol–water partition coefficient (Wildman–Crippen LogP) is 3.21. The maximum Gasteiger partial charge on any atom is 0.243 e. The zero-order chi connectivity index (χ0) is 20.0. The maximum atomic E-state index is 13.4. The van der Waals surface area contributed by atoms with E-state index in [9.17, 15) is 8.42 Å². The number of pyridine rings is 1. The monoisotopic (exact) mass is 434 g/mol. The molecule has 0 aliphatic carbocycles. The molecule has 3 rings (SSSR count). The molecule has 1 aromatic heterocycles. The molecule has 0 saturated carbocycles. The Labute approximate surface area is 178 Å². The standard InChI is InChI=1S/C21H26N4O2S.ClH/c22-13-6-16-25(15-5-9-17-7-2-1-3-8-17)28(26,27)20-11-4-10-19-18(20)12-14-24-21(19)23;/h1-4,7-8,10-12,14H,5-6,9,13,15-16,22H2,(H2,23,24);1H. The molecular formula is C21H27ClN4O2S. The van der Waals surface area contributed by atoms with E-state index in [2.05, 4.69) is 17.1 Å². The minimum atomic E-state index is -3.68. The molecule has 8 heteroatoms. The molecule has 0 bridgehead atoms. The second-order valence-electron chi connectivity index (χ2n) is 6.68. The Balaban J connectivity index is 0.00000300. The van der Waals surface area contributed by atoms with E-state index in [4.69, 9.17) is 11.5 Å². The number of aromatic nitrogens is 1. The molecule has 29 heavy (non-hydrogen) atoms. The summed E-state index contributed by atoms with van der Waals surface area (Å²) in [6, 6.07) is 16.9. The minimum absolute atomic E-state index is 0. The molecule has 0 aliphatic rings. The van der Waals surface area contributed by atoms with Crippen molar-refractivity contribution in [3.05, 3.63) is 66.4 Å². The number of nitrogen functional groups attached to an aromatic ring is 1. The summed E-state index contributed by atoms with van der Waals surface area (Å²) in [5, 5.41) is 1.24. The van der Waals surface area contributed by atoms with Gasteiger partial charge in [0.1, 0.15) is 5.82 Å². The average molecular weight is 435 g/mol. The molecule has 2 aromatic carbocycles. The SMILES string of the molecule is Cl.NCCCN(CCCc1ccccc1)S(=O)(=O)c1cccc2c(N)nccc12. The number of nitrogens with two attached hydrogens (primary N) is 2. The Hall–Kier alpha value is -2.19. The van der Waals surface area contributed by atoms with E-state index in [1.165, 1.54) is 16.1 Å². The number of fused-ring (bicyclic) bond motifs is 1. The minimum Gasteiger partial charge on any atom is -0.383 e. The molecule has 0 atom stereocenters. The molecule has 1 heterocycles. The van der Waals surface area contributed by atoms with Gasteiger partial charge in [0.15, 0.2) is 0 Å². The molecule has 3 aromatic rings. The quantitative estimate of drug-likeness (QED) is 0.538. The third-order valence-electron chi connectivity index (χ3n) is 4.74. The molecule has 0 radical (unpaired) electrons. The van der Waals surface area contributed by atoms with Crippen LogP contribution in [0.5, 0.6) is 0 Å². The summed E-state index contributed by atoms with van der Waals surface area (Å²) in [6.45, 7) is 1.27. The highest BCUT2D eigenvalue weighted by Crippen LogP contribution is 2.28. The molecule has 6 nitrogen and oxygen atoms in total. The van der Waals surface area contributed by atoms with Crippen LogP contribution in [0.3, 0.4) is 0 Å². The van der Waals surface area contributed by atoms with Crippen molar-refractivity contribution in [1.82, 2.24) is 9.29 Å². The van der Waals surface area contributed by atoms with Gasteiger partial charge in [0, 0.05) is 30.1 Å². The van der Waals surface area contributed by atoms with Gasteiger partial charge in [-0.15, -0.1) is 12.4 Å². The summed E-state index contributed by atoms with van der Waals surface area (Å²) in [5.41, 5.74) is 12.8. The van der Waals surface area contributed by atoms with Crippen LogP contribution in [-0.4, -0.2) is 37.3 Å². The van der Waals surface area contributed by atoms with Crippen molar-refractivity contribution in [2.24, 2.45) is 5.73 Å². The van der Waals surface area contributed by atoms with Crippen LogP contribution in [-0.2, 0) is 16.4 Å². The lowest BCUT2D eigenvalue weighted by Crippen LogP contribution is -2.34. The van der Waals surface area contributed by atoms with Crippen molar-refractivity contribution in [2.45, 2.75) is 24.2 Å². The van der Waals surface area contributed by atoms with Crippen LogP contribution < -0.4 is 11.5 Å². The summed E-state index contributed by atoms with van der Waals surface area (Å²) >= 11 is 0. The normalized spacial score (nSPS) is 11.5. The zero-order valence-electron chi connectivity index (χ0n) is 16.2. The number of rotatable bonds is 9. The number of anilines is 1. The Kier molecular flexibility index (Phi) is 8.40. The largest absolute Gasteiger partial charge is 0.383 e. The van der Waals surface area contributed by atoms with Crippen LogP contribution >= 0.6 is 12.4 Å². The first-order chi connectivity index (χ1) is 13.5. The van der Waals surface area contributed by atoms with E-state index in [-0.39, 0.29) is 17.3 Å². The van der Waals surface area contributed by atoms with Gasteiger partial charge in [-0.1, -0.05) is 42.5 Å². The molecule has 0 fully saturated rings. The van der Waals surface area contributed by atoms with E-state index >= 15 is 0 Å². The van der Waals surface area contributed by atoms with Crippen LogP contribution in [0.4, 0.5) is 5.82 Å². The van der Waals surface area contributed by atoms with Crippen molar-refractivity contribution in [3.8, 4) is 0 Å². The fourth-order valence-corrected chi connectivity index (χ4v) is 5.01. The van der Waals surface area contributed by atoms with Crippen LogP contribution in [0.25, 0.3) is 10.8 Å². The summed E-state index contributed by atoms with van der Waals surface area (Å²) in [4.78, 5) is 4.32. The highest BCUT2D eigenvalue weighted by atomic mass is 35.5. The number of hydrogen-bond donors (Lipinski definition) is 2. The number of halogens is 1. The van der Waals surface area contributed by atoms with E-state index in [0.717, 1.165) is 12.8 Å². The molecule has 0 amide bonds. The lowest BCUT2D eigenvalue weighted by molar-refractivity contribution is 0.401. The van der Waals surface area contributed by atoms with Gasteiger partial charge >= 0.3 is 0 Å². The highest BCUT2D eigenvalue weighted by molar-refractivity contribution is 7.89. The average Bonchev–Trinajstić information content (AvgIpc) is 2.71. The Morgan fingerprint density at radius 2 is 1.62 bits per heavy atom. The van der Waals surface area contributed by atoms with Crippen molar-refractivity contribution in [3.63, 3.8) is 0 Å². The smallest absolute Gasteiger partial charge is 0.243 e. The Morgan fingerprint density at radius 3 is 2.34 bits per heavy atom.